The molecule has 26 aromatic rings. The molecule has 0 heterocycles. The Morgan fingerprint density at radius 2 is 0.311 bits per heavy atom. The number of benzene rings is 26. The van der Waals surface area contributed by atoms with E-state index in [4.69, 9.17) is 0 Å². The molecule has 0 unspecified atom stereocenters. The Bertz CT molecular complexity index is 9560. The van der Waals surface area contributed by atoms with Crippen LogP contribution >= 0.6 is 0 Å². The molecule has 0 saturated carbocycles. The van der Waals surface area contributed by atoms with Gasteiger partial charge in [-0.2, -0.15) is 0 Å². The molecule has 0 spiro atoms. The topological polar surface area (TPSA) is 0 Å². The SMILES string of the molecule is CC(C)(C)c1ccc(-c2ccc3c(-c4ccc5ccccc5c4)c4ccccc4c(-c4ccc5ccccc5c4)c3c2)cc1.CC(C)(C)c1ccc2c(-c3ccccc3)c3ccccc3c(-c3ccc4ccccc4c3)c2c1.CC(C)(C)c1ccc2c(-c3ccccc3)c3ccccc3c(-c3cccc(-c4ccccc4)c3)c2c1.CC(C)(C)c1ccc2c(-c3ccccc3)c3ccccc3c(-c3cccc4ccccc34)c2c1. The normalized spacial score (nSPS) is 11.9. The van der Waals surface area contributed by atoms with Gasteiger partial charge in [0.15, 0.2) is 0 Å². The monoisotopic (exact) mass is 1900 g/mol. The molecule has 0 nitrogen and oxygen atoms in total. The Hall–Kier alpha value is -17.2. The van der Waals surface area contributed by atoms with Crippen LogP contribution in [0, 0.1) is 0 Å². The minimum absolute atomic E-state index is 0.0654. The third-order valence-electron chi connectivity index (χ3n) is 30.4. The molecule has 0 atom stereocenters. The van der Waals surface area contributed by atoms with Gasteiger partial charge in [0.05, 0.1) is 0 Å². The Labute approximate surface area is 870 Å². The Morgan fingerprint density at radius 3 is 0.669 bits per heavy atom. The van der Waals surface area contributed by atoms with Gasteiger partial charge in [-0.15, -0.1) is 0 Å². The van der Waals surface area contributed by atoms with E-state index in [-0.39, 0.29) is 21.7 Å². The summed E-state index contributed by atoms with van der Waals surface area (Å²) in [5.74, 6) is 0. The number of hydrogen-bond acceptors (Lipinski definition) is 0. The first kappa shape index (κ1) is 94.4. The second-order valence-corrected chi connectivity index (χ2v) is 44.1. The Balaban J connectivity index is 0.000000109. The molecule has 26 aromatic carbocycles. The minimum atomic E-state index is 0.0654. The highest BCUT2D eigenvalue weighted by atomic mass is 14.3. The molecule has 0 amide bonds. The second kappa shape index (κ2) is 39.1. The zero-order chi connectivity index (χ0) is 101. The molecule has 0 aromatic heterocycles. The van der Waals surface area contributed by atoms with E-state index in [9.17, 15) is 0 Å². The summed E-state index contributed by atoms with van der Waals surface area (Å²) in [5, 5.41) is 30.9. The molecule has 0 N–H and O–H groups in total. The lowest BCUT2D eigenvalue weighted by Crippen LogP contribution is -2.10. The molecule has 0 heteroatoms. The van der Waals surface area contributed by atoms with E-state index in [1.165, 1.54) is 263 Å². The predicted octanol–water partition coefficient (Wildman–Crippen LogP) is 42.4. The van der Waals surface area contributed by atoms with Gasteiger partial charge < -0.3 is 0 Å². The van der Waals surface area contributed by atoms with Crippen LogP contribution in [0.1, 0.15) is 105 Å². The standard InChI is InChI=1S/C44H34.C36H30.2C34H28/c1-44(2,3)37-23-20-31(21-24-37)34-22-25-40-41(28-34)43(36-19-17-30-11-5-7-13-33(30)27-36)39-15-9-8-14-38(39)42(40)35-18-16-29-10-4-6-12-32(29)26-35;1-36(2,3)29-21-22-32-33(24-29)35(28-18-12-17-27(23-28)25-13-6-4-7-14-25)31-20-11-10-19-30(31)34(32)26-15-8-5-9-16-26;1-34(2,3)25-20-21-30-31(22-25)33(27-19-11-15-23-12-7-8-16-26(23)27)29-18-10-9-17-28(29)32(30)24-13-5-4-6-14-24;1-34(2,3)27-19-20-30-31(22-27)33(26-18-17-23-11-7-8-14-25(23)21-26)29-16-10-9-15-28(29)32(30)24-12-5-4-6-13-24/h4-28H,1-3H3;4-24H,1-3H3;2*4-22H,1-3H3. The fourth-order valence-electron chi connectivity index (χ4n) is 22.7. The lowest BCUT2D eigenvalue weighted by Gasteiger charge is -2.23. The highest BCUT2D eigenvalue weighted by Crippen LogP contribution is 2.53. The van der Waals surface area contributed by atoms with Gasteiger partial charge in [0.2, 0.25) is 0 Å². The van der Waals surface area contributed by atoms with E-state index in [2.05, 4.69) is 593 Å². The van der Waals surface area contributed by atoms with Crippen LogP contribution in [0.25, 0.3) is 241 Å². The summed E-state index contributed by atoms with van der Waals surface area (Å²) >= 11 is 0. The first-order valence-electron chi connectivity index (χ1n) is 52.3. The first-order valence-corrected chi connectivity index (χ1v) is 52.3. The predicted molar refractivity (Wildman–Crippen MR) is 645 cm³/mol. The molecule has 0 aliphatic heterocycles. The van der Waals surface area contributed by atoms with Crippen molar-refractivity contribution in [2.45, 2.75) is 105 Å². The summed E-state index contributed by atoms with van der Waals surface area (Å²) < 4.78 is 0. The van der Waals surface area contributed by atoms with Crippen molar-refractivity contribution in [3.8, 4) is 111 Å². The summed E-state index contributed by atoms with van der Waals surface area (Å²) in [7, 11) is 0. The Kier molecular flexibility index (Phi) is 24.9. The van der Waals surface area contributed by atoms with Crippen molar-refractivity contribution in [2.24, 2.45) is 0 Å². The van der Waals surface area contributed by atoms with Gasteiger partial charge in [-0.1, -0.05) is 544 Å². The van der Waals surface area contributed by atoms with Crippen molar-refractivity contribution >= 4 is 129 Å². The summed E-state index contributed by atoms with van der Waals surface area (Å²) in [6.07, 6.45) is 0. The van der Waals surface area contributed by atoms with Crippen molar-refractivity contribution in [1.29, 1.82) is 0 Å². The molecule has 0 fully saturated rings. The molecule has 0 radical (unpaired) electrons. The summed E-state index contributed by atoms with van der Waals surface area (Å²) in [6, 6.07) is 187. The number of rotatable bonds is 10. The molecule has 0 aliphatic carbocycles. The van der Waals surface area contributed by atoms with Crippen LogP contribution in [0.15, 0.2) is 510 Å². The minimum Gasteiger partial charge on any atom is -0.0622 e. The molecular weight excluding hydrogens is 1780 g/mol. The summed E-state index contributed by atoms with van der Waals surface area (Å²) in [5.41, 5.74) is 31.3. The van der Waals surface area contributed by atoms with Crippen molar-refractivity contribution in [2.75, 3.05) is 0 Å². The maximum absolute atomic E-state index is 2.44. The maximum Gasteiger partial charge on any atom is -0.00200 e. The van der Waals surface area contributed by atoms with Gasteiger partial charge in [0, 0.05) is 0 Å². The van der Waals surface area contributed by atoms with Crippen molar-refractivity contribution in [3.63, 3.8) is 0 Å². The third kappa shape index (κ3) is 18.2. The van der Waals surface area contributed by atoms with E-state index in [1.807, 2.05) is 0 Å². The van der Waals surface area contributed by atoms with Crippen LogP contribution in [-0.4, -0.2) is 0 Å². The third-order valence-corrected chi connectivity index (χ3v) is 30.4. The highest BCUT2D eigenvalue weighted by molar-refractivity contribution is 6.27. The fraction of sp³-hybridized carbons (Fsp3) is 0.108. The van der Waals surface area contributed by atoms with Crippen LogP contribution in [0.5, 0.6) is 0 Å². The van der Waals surface area contributed by atoms with Crippen LogP contribution < -0.4 is 0 Å². The zero-order valence-electron chi connectivity index (χ0n) is 86.5. The van der Waals surface area contributed by atoms with E-state index >= 15 is 0 Å². The first-order chi connectivity index (χ1) is 72.0. The smallest absolute Gasteiger partial charge is 0.00200 e. The number of hydrogen-bond donors (Lipinski definition) is 0. The van der Waals surface area contributed by atoms with E-state index in [0.29, 0.717) is 0 Å². The summed E-state index contributed by atoms with van der Waals surface area (Å²) in [4.78, 5) is 0. The van der Waals surface area contributed by atoms with Crippen molar-refractivity contribution in [1.82, 2.24) is 0 Å². The molecular formula is C148H120. The van der Waals surface area contributed by atoms with Gasteiger partial charge >= 0.3 is 0 Å². The maximum atomic E-state index is 2.44. The van der Waals surface area contributed by atoms with Crippen molar-refractivity contribution < 1.29 is 0 Å². The Morgan fingerprint density at radius 1 is 0.101 bits per heavy atom. The molecule has 0 aliphatic rings. The van der Waals surface area contributed by atoms with Crippen LogP contribution in [-0.2, 0) is 21.7 Å². The van der Waals surface area contributed by atoms with Gasteiger partial charge in [-0.3, -0.25) is 0 Å². The average Bonchev–Trinajstić information content (AvgIpc) is 0.820. The van der Waals surface area contributed by atoms with E-state index in [1.54, 1.807) is 0 Å². The van der Waals surface area contributed by atoms with E-state index in [0.717, 1.165) is 0 Å². The van der Waals surface area contributed by atoms with Gasteiger partial charge in [-0.05, 0) is 333 Å². The van der Waals surface area contributed by atoms with Gasteiger partial charge in [-0.25, -0.2) is 0 Å². The molecule has 148 heavy (non-hydrogen) atoms. The molecule has 712 valence electrons. The summed E-state index contributed by atoms with van der Waals surface area (Å²) in [6.45, 7) is 27.5. The largest absolute Gasteiger partial charge is 0.0622 e. The molecule has 0 saturated heterocycles. The van der Waals surface area contributed by atoms with Gasteiger partial charge in [0.1, 0.15) is 0 Å². The second-order valence-electron chi connectivity index (χ2n) is 44.1. The fourth-order valence-corrected chi connectivity index (χ4v) is 22.7. The van der Waals surface area contributed by atoms with E-state index < -0.39 is 0 Å². The van der Waals surface area contributed by atoms with Crippen molar-refractivity contribution in [3.05, 3.63) is 532 Å². The van der Waals surface area contributed by atoms with Crippen LogP contribution in [0.4, 0.5) is 0 Å². The van der Waals surface area contributed by atoms with Crippen LogP contribution in [0.3, 0.4) is 0 Å². The average molecular weight is 1900 g/mol. The van der Waals surface area contributed by atoms with Crippen LogP contribution in [0.2, 0.25) is 0 Å². The highest BCUT2D eigenvalue weighted by Gasteiger charge is 2.28. The lowest BCUT2D eigenvalue weighted by molar-refractivity contribution is 0.590. The number of fused-ring (bicyclic) bond motifs is 12. The molecule has 0 bridgehead atoms. The molecule has 26 rings (SSSR count). The quantitative estimate of drug-likeness (QED) is 0.120. The van der Waals surface area contributed by atoms with Gasteiger partial charge in [0.25, 0.3) is 0 Å². The lowest BCUT2D eigenvalue weighted by atomic mass is 9.81. The zero-order valence-corrected chi connectivity index (χ0v) is 86.5.